The van der Waals surface area contributed by atoms with Gasteiger partial charge in [-0.25, -0.2) is 0 Å². The average Bonchev–Trinajstić information content (AvgIpc) is 2.72. The molecule has 2 aromatic rings. The number of hydrogen-bond donors (Lipinski definition) is 0. The quantitative estimate of drug-likeness (QED) is 0.733. The SMILES string of the molecule is COc1ccc(C(=O)N2CCC(C(=O)c3ccc(C)cc3C)CC2)cc1OC. The molecule has 0 N–H and O–H groups in total. The number of methoxy groups -OCH3 is 2. The molecular formula is C23H27NO4. The third kappa shape index (κ3) is 4.03. The van der Waals surface area contributed by atoms with Crippen LogP contribution < -0.4 is 9.47 Å². The number of carbonyl (C=O) groups excluding carboxylic acids is 2. The smallest absolute Gasteiger partial charge is 0.253 e. The Morgan fingerprint density at radius 2 is 1.61 bits per heavy atom. The van der Waals surface area contributed by atoms with E-state index in [1.54, 1.807) is 32.4 Å². The number of rotatable bonds is 5. The van der Waals surface area contributed by atoms with Crippen LogP contribution in [0.5, 0.6) is 11.5 Å². The van der Waals surface area contributed by atoms with Crippen LogP contribution in [0.2, 0.25) is 0 Å². The van der Waals surface area contributed by atoms with Crippen molar-refractivity contribution >= 4 is 11.7 Å². The molecule has 0 aromatic heterocycles. The van der Waals surface area contributed by atoms with Gasteiger partial charge in [-0.3, -0.25) is 9.59 Å². The highest BCUT2D eigenvalue weighted by Crippen LogP contribution is 2.29. The third-order valence-corrected chi connectivity index (χ3v) is 5.43. The zero-order valence-corrected chi connectivity index (χ0v) is 17.0. The number of amides is 1. The first kappa shape index (κ1) is 19.9. The van der Waals surface area contributed by atoms with Gasteiger partial charge in [-0.15, -0.1) is 0 Å². The standard InChI is InChI=1S/C23H27NO4/c1-15-5-7-19(16(2)13-15)22(25)17-9-11-24(12-10-17)23(26)18-6-8-20(27-3)21(14-18)28-4/h5-8,13-14,17H,9-12H2,1-4H3. The Hall–Kier alpha value is -2.82. The Kier molecular flexibility index (Phi) is 6.02. The van der Waals surface area contributed by atoms with Gasteiger partial charge in [0.2, 0.25) is 0 Å². The molecule has 0 spiro atoms. The fourth-order valence-corrected chi connectivity index (χ4v) is 3.81. The summed E-state index contributed by atoms with van der Waals surface area (Å²) in [5.74, 6) is 1.25. The van der Waals surface area contributed by atoms with Crippen molar-refractivity contribution in [2.45, 2.75) is 26.7 Å². The molecular weight excluding hydrogens is 354 g/mol. The van der Waals surface area contributed by atoms with Crippen molar-refractivity contribution < 1.29 is 19.1 Å². The highest BCUT2D eigenvalue weighted by Gasteiger charge is 2.29. The summed E-state index contributed by atoms with van der Waals surface area (Å²) in [5, 5.41) is 0. The zero-order chi connectivity index (χ0) is 20.3. The molecule has 0 saturated carbocycles. The molecule has 1 fully saturated rings. The van der Waals surface area contributed by atoms with Gasteiger partial charge in [0.15, 0.2) is 17.3 Å². The lowest BCUT2D eigenvalue weighted by Crippen LogP contribution is -2.40. The second kappa shape index (κ2) is 8.46. The molecule has 0 unspecified atom stereocenters. The number of hydrogen-bond acceptors (Lipinski definition) is 4. The molecule has 5 heteroatoms. The van der Waals surface area contributed by atoms with Crippen LogP contribution in [0.3, 0.4) is 0 Å². The van der Waals surface area contributed by atoms with E-state index in [0.29, 0.717) is 43.0 Å². The van der Waals surface area contributed by atoms with Gasteiger partial charge in [0.1, 0.15) is 0 Å². The van der Waals surface area contributed by atoms with Crippen molar-refractivity contribution in [3.8, 4) is 11.5 Å². The Labute approximate surface area is 166 Å². The largest absolute Gasteiger partial charge is 0.493 e. The fraction of sp³-hybridized carbons (Fsp3) is 0.391. The maximum atomic E-state index is 12.9. The minimum Gasteiger partial charge on any atom is -0.493 e. The van der Waals surface area contributed by atoms with E-state index in [4.69, 9.17) is 9.47 Å². The number of ether oxygens (including phenoxy) is 2. The molecule has 1 aliphatic rings. The minimum atomic E-state index is -0.0432. The van der Waals surface area contributed by atoms with Crippen LogP contribution in [-0.2, 0) is 0 Å². The number of benzene rings is 2. The average molecular weight is 381 g/mol. The number of likely N-dealkylation sites (tertiary alicyclic amines) is 1. The van der Waals surface area contributed by atoms with E-state index in [1.807, 2.05) is 36.9 Å². The van der Waals surface area contributed by atoms with Crippen molar-refractivity contribution in [3.05, 3.63) is 58.7 Å². The van der Waals surface area contributed by atoms with Gasteiger partial charge in [-0.2, -0.15) is 0 Å². The van der Waals surface area contributed by atoms with Crippen LogP contribution in [0.25, 0.3) is 0 Å². The maximum absolute atomic E-state index is 12.9. The summed E-state index contributed by atoms with van der Waals surface area (Å²) >= 11 is 0. The van der Waals surface area contributed by atoms with Gasteiger partial charge in [0, 0.05) is 30.1 Å². The summed E-state index contributed by atoms with van der Waals surface area (Å²) in [6.07, 6.45) is 1.37. The van der Waals surface area contributed by atoms with E-state index in [9.17, 15) is 9.59 Å². The van der Waals surface area contributed by atoms with Crippen LogP contribution in [-0.4, -0.2) is 43.9 Å². The molecule has 1 aliphatic heterocycles. The Bertz CT molecular complexity index is 882. The van der Waals surface area contributed by atoms with E-state index in [0.717, 1.165) is 16.7 Å². The van der Waals surface area contributed by atoms with Gasteiger partial charge in [0.05, 0.1) is 14.2 Å². The van der Waals surface area contributed by atoms with E-state index in [2.05, 4.69) is 0 Å². The van der Waals surface area contributed by atoms with Crippen molar-refractivity contribution in [1.29, 1.82) is 0 Å². The highest BCUT2D eigenvalue weighted by molar-refractivity contribution is 5.99. The third-order valence-electron chi connectivity index (χ3n) is 5.43. The van der Waals surface area contributed by atoms with Gasteiger partial charge < -0.3 is 14.4 Å². The second-order valence-corrected chi connectivity index (χ2v) is 7.32. The number of ketones is 1. The summed E-state index contributed by atoms with van der Waals surface area (Å²) in [4.78, 5) is 27.6. The van der Waals surface area contributed by atoms with Crippen molar-refractivity contribution in [2.24, 2.45) is 5.92 Å². The van der Waals surface area contributed by atoms with Gasteiger partial charge in [0.25, 0.3) is 5.91 Å². The number of Topliss-reactive ketones (excluding diaryl/α,β-unsaturated/α-hetero) is 1. The summed E-state index contributed by atoms with van der Waals surface area (Å²) < 4.78 is 10.5. The first-order chi connectivity index (χ1) is 13.4. The summed E-state index contributed by atoms with van der Waals surface area (Å²) in [7, 11) is 3.12. The van der Waals surface area contributed by atoms with Gasteiger partial charge in [-0.1, -0.05) is 23.8 Å². The number of piperidine rings is 1. The molecule has 28 heavy (non-hydrogen) atoms. The monoisotopic (exact) mass is 381 g/mol. The molecule has 1 heterocycles. The van der Waals surface area contributed by atoms with E-state index in [-0.39, 0.29) is 17.6 Å². The van der Waals surface area contributed by atoms with Gasteiger partial charge >= 0.3 is 0 Å². The van der Waals surface area contributed by atoms with E-state index in [1.165, 1.54) is 0 Å². The Morgan fingerprint density at radius 3 is 2.21 bits per heavy atom. The molecule has 0 bridgehead atoms. The highest BCUT2D eigenvalue weighted by atomic mass is 16.5. The number of carbonyl (C=O) groups is 2. The molecule has 2 aromatic carbocycles. The molecule has 0 radical (unpaired) electrons. The lowest BCUT2D eigenvalue weighted by molar-refractivity contribution is 0.0650. The minimum absolute atomic E-state index is 0.0316. The van der Waals surface area contributed by atoms with Crippen molar-refractivity contribution in [1.82, 2.24) is 4.90 Å². The lowest BCUT2D eigenvalue weighted by atomic mass is 9.87. The molecule has 3 rings (SSSR count). The first-order valence-electron chi connectivity index (χ1n) is 9.57. The molecule has 5 nitrogen and oxygen atoms in total. The van der Waals surface area contributed by atoms with Crippen molar-refractivity contribution in [2.75, 3.05) is 27.3 Å². The van der Waals surface area contributed by atoms with Crippen LogP contribution in [0.1, 0.15) is 44.7 Å². The Morgan fingerprint density at radius 1 is 0.929 bits per heavy atom. The van der Waals surface area contributed by atoms with Crippen LogP contribution in [0.4, 0.5) is 0 Å². The van der Waals surface area contributed by atoms with Gasteiger partial charge in [-0.05, 0) is 50.5 Å². The topological polar surface area (TPSA) is 55.8 Å². The Balaban J connectivity index is 1.66. The predicted molar refractivity (Wildman–Crippen MR) is 108 cm³/mol. The fourth-order valence-electron chi connectivity index (χ4n) is 3.81. The summed E-state index contributed by atoms with van der Waals surface area (Å²) in [6.45, 7) is 5.17. The normalized spacial score (nSPS) is 14.6. The summed E-state index contributed by atoms with van der Waals surface area (Å²) in [6, 6.07) is 11.1. The zero-order valence-electron chi connectivity index (χ0n) is 17.0. The van der Waals surface area contributed by atoms with Crippen LogP contribution >= 0.6 is 0 Å². The maximum Gasteiger partial charge on any atom is 0.253 e. The summed E-state index contributed by atoms with van der Waals surface area (Å²) in [5.41, 5.74) is 3.55. The molecule has 1 saturated heterocycles. The van der Waals surface area contributed by atoms with E-state index < -0.39 is 0 Å². The molecule has 0 atom stereocenters. The predicted octanol–water partition coefficient (Wildman–Crippen LogP) is 4.06. The first-order valence-corrected chi connectivity index (χ1v) is 9.57. The van der Waals surface area contributed by atoms with E-state index >= 15 is 0 Å². The molecule has 1 amide bonds. The molecule has 0 aliphatic carbocycles. The second-order valence-electron chi connectivity index (χ2n) is 7.32. The van der Waals surface area contributed by atoms with Crippen molar-refractivity contribution in [3.63, 3.8) is 0 Å². The van der Waals surface area contributed by atoms with Crippen LogP contribution in [0.15, 0.2) is 36.4 Å². The number of nitrogens with zero attached hydrogens (tertiary/aromatic N) is 1. The lowest BCUT2D eigenvalue weighted by Gasteiger charge is -2.31. The number of aryl methyl sites for hydroxylation is 2. The van der Waals surface area contributed by atoms with Crippen LogP contribution in [0, 0.1) is 19.8 Å². The molecule has 148 valence electrons.